The van der Waals surface area contributed by atoms with Gasteiger partial charge in [-0.2, -0.15) is 0 Å². The highest BCUT2D eigenvalue weighted by molar-refractivity contribution is 5.67. The van der Waals surface area contributed by atoms with Gasteiger partial charge in [0.15, 0.2) is 0 Å². The van der Waals surface area contributed by atoms with Gasteiger partial charge in [-0.05, 0) is 19.7 Å². The molecule has 0 saturated heterocycles. The summed E-state index contributed by atoms with van der Waals surface area (Å²) in [6, 6.07) is 8.63. The number of nitrogens with zero attached hydrogens (tertiary/aromatic N) is 1. The van der Waals surface area contributed by atoms with Gasteiger partial charge in [-0.15, -0.1) is 0 Å². The van der Waals surface area contributed by atoms with Gasteiger partial charge in [-0.1, -0.05) is 30.3 Å². The Morgan fingerprint density at radius 1 is 1.32 bits per heavy atom. The number of aliphatic carboxylic acids is 1. The average Bonchev–Trinajstić information content (AvgIpc) is 2.37. The van der Waals surface area contributed by atoms with E-state index < -0.39 is 18.1 Å². The van der Waals surface area contributed by atoms with Crippen LogP contribution in [0.2, 0.25) is 0 Å². The van der Waals surface area contributed by atoms with Crippen LogP contribution in [-0.4, -0.2) is 54.3 Å². The summed E-state index contributed by atoms with van der Waals surface area (Å²) < 4.78 is 0. The Hall–Kier alpha value is -1.43. The van der Waals surface area contributed by atoms with Gasteiger partial charge in [0, 0.05) is 19.1 Å². The Kier molecular flexibility index (Phi) is 6.49. The highest BCUT2D eigenvalue weighted by Crippen LogP contribution is 2.18. The van der Waals surface area contributed by atoms with Crippen molar-refractivity contribution in [3.05, 3.63) is 35.9 Å². The van der Waals surface area contributed by atoms with Gasteiger partial charge in [0.05, 0.1) is 12.5 Å². The van der Waals surface area contributed by atoms with E-state index in [1.165, 1.54) is 0 Å². The van der Waals surface area contributed by atoms with Gasteiger partial charge in [-0.25, -0.2) is 0 Å². The number of aliphatic hydroxyl groups excluding tert-OH is 1. The summed E-state index contributed by atoms with van der Waals surface area (Å²) in [5.74, 6) is -0.919. The number of carbonyl (C=O) groups is 1. The van der Waals surface area contributed by atoms with E-state index in [2.05, 4.69) is 5.32 Å². The largest absolute Gasteiger partial charge is 0.481 e. The third kappa shape index (κ3) is 5.83. The Morgan fingerprint density at radius 2 is 1.95 bits per heavy atom. The van der Waals surface area contributed by atoms with Crippen LogP contribution in [0.4, 0.5) is 0 Å². The molecule has 2 atom stereocenters. The fourth-order valence-electron chi connectivity index (χ4n) is 1.84. The van der Waals surface area contributed by atoms with Crippen molar-refractivity contribution in [3.63, 3.8) is 0 Å². The van der Waals surface area contributed by atoms with Gasteiger partial charge < -0.3 is 20.4 Å². The summed E-state index contributed by atoms with van der Waals surface area (Å²) >= 11 is 0. The van der Waals surface area contributed by atoms with Crippen molar-refractivity contribution in [2.45, 2.75) is 18.6 Å². The lowest BCUT2D eigenvalue weighted by molar-refractivity contribution is -0.138. The van der Waals surface area contributed by atoms with Crippen molar-refractivity contribution in [3.8, 4) is 0 Å². The minimum absolute atomic E-state index is 0.108. The molecule has 1 rings (SSSR count). The molecule has 0 aliphatic rings. The van der Waals surface area contributed by atoms with Crippen LogP contribution >= 0.6 is 0 Å². The lowest BCUT2D eigenvalue weighted by Crippen LogP contribution is -2.40. The summed E-state index contributed by atoms with van der Waals surface area (Å²) in [5.41, 5.74) is 0.728. The van der Waals surface area contributed by atoms with Crippen LogP contribution in [0.3, 0.4) is 0 Å². The Labute approximate surface area is 113 Å². The number of benzene rings is 1. The summed E-state index contributed by atoms with van der Waals surface area (Å²) in [7, 11) is 3.89. The topological polar surface area (TPSA) is 72.8 Å². The maximum absolute atomic E-state index is 10.9. The van der Waals surface area contributed by atoms with Crippen LogP contribution in [0.15, 0.2) is 30.3 Å². The Bertz CT molecular complexity index is 382. The van der Waals surface area contributed by atoms with Crippen LogP contribution in [0.25, 0.3) is 0 Å². The fraction of sp³-hybridized carbons (Fsp3) is 0.500. The molecule has 0 aliphatic carbocycles. The maximum atomic E-state index is 10.9. The van der Waals surface area contributed by atoms with Crippen LogP contribution in [0.1, 0.15) is 18.1 Å². The molecule has 0 saturated carbocycles. The molecule has 0 fully saturated rings. The molecule has 5 nitrogen and oxygen atoms in total. The molecule has 5 heteroatoms. The monoisotopic (exact) mass is 266 g/mol. The van der Waals surface area contributed by atoms with E-state index >= 15 is 0 Å². The maximum Gasteiger partial charge on any atom is 0.305 e. The van der Waals surface area contributed by atoms with Gasteiger partial charge in [0.25, 0.3) is 0 Å². The van der Waals surface area contributed by atoms with Crippen molar-refractivity contribution in [2.75, 3.05) is 27.2 Å². The predicted molar refractivity (Wildman–Crippen MR) is 74.0 cm³/mol. The molecule has 19 heavy (non-hydrogen) atoms. The minimum Gasteiger partial charge on any atom is -0.481 e. The number of likely N-dealkylation sites (N-methyl/N-ethyl adjacent to an activating group) is 1. The first-order valence-electron chi connectivity index (χ1n) is 6.33. The zero-order valence-electron chi connectivity index (χ0n) is 11.4. The first-order valence-corrected chi connectivity index (χ1v) is 6.33. The summed E-state index contributed by atoms with van der Waals surface area (Å²) in [6.07, 6.45) is -0.928. The van der Waals surface area contributed by atoms with E-state index in [1.54, 1.807) is 12.1 Å². The van der Waals surface area contributed by atoms with Crippen molar-refractivity contribution in [2.24, 2.45) is 0 Å². The second-order valence-electron chi connectivity index (χ2n) is 4.82. The van der Waals surface area contributed by atoms with Crippen molar-refractivity contribution in [1.29, 1.82) is 0 Å². The Balaban J connectivity index is 2.64. The van der Waals surface area contributed by atoms with E-state index in [0.717, 1.165) is 12.1 Å². The molecule has 0 radical (unpaired) electrons. The molecule has 0 aliphatic heterocycles. The number of hydrogen-bond donors (Lipinski definition) is 3. The number of hydrogen-bond acceptors (Lipinski definition) is 4. The molecule has 0 aromatic heterocycles. The number of nitrogens with one attached hydrogen (secondary N) is 1. The van der Waals surface area contributed by atoms with Crippen molar-refractivity contribution >= 4 is 5.97 Å². The molecule has 0 spiro atoms. The van der Waals surface area contributed by atoms with Crippen molar-refractivity contribution in [1.82, 2.24) is 10.2 Å². The van der Waals surface area contributed by atoms with Gasteiger partial charge in [0.1, 0.15) is 0 Å². The smallest absolute Gasteiger partial charge is 0.305 e. The lowest BCUT2D eigenvalue weighted by Gasteiger charge is -2.24. The van der Waals surface area contributed by atoms with Crippen molar-refractivity contribution < 1.29 is 15.0 Å². The first kappa shape index (κ1) is 15.6. The number of rotatable bonds is 8. The van der Waals surface area contributed by atoms with Crippen LogP contribution in [0.5, 0.6) is 0 Å². The SMILES string of the molecule is CN(C)CCNC(CC(=O)O)C(O)c1ccccc1. The van der Waals surface area contributed by atoms with Crippen LogP contribution in [-0.2, 0) is 4.79 Å². The quantitative estimate of drug-likeness (QED) is 0.646. The van der Waals surface area contributed by atoms with Crippen LogP contribution < -0.4 is 5.32 Å². The third-order valence-electron chi connectivity index (χ3n) is 2.88. The number of carboxylic acids is 1. The zero-order valence-corrected chi connectivity index (χ0v) is 11.4. The summed E-state index contributed by atoms with van der Waals surface area (Å²) in [6.45, 7) is 1.42. The Morgan fingerprint density at radius 3 is 2.47 bits per heavy atom. The summed E-state index contributed by atoms with van der Waals surface area (Å²) in [5, 5.41) is 22.3. The molecule has 3 N–H and O–H groups in total. The number of carboxylic acid groups (broad SMARTS) is 1. The fourth-order valence-corrected chi connectivity index (χ4v) is 1.84. The van der Waals surface area contributed by atoms with Crippen LogP contribution in [0, 0.1) is 0 Å². The molecule has 2 unspecified atom stereocenters. The zero-order chi connectivity index (χ0) is 14.3. The molecule has 0 heterocycles. The van der Waals surface area contributed by atoms with E-state index in [1.807, 2.05) is 37.2 Å². The highest BCUT2D eigenvalue weighted by atomic mass is 16.4. The van der Waals surface area contributed by atoms with E-state index in [9.17, 15) is 9.90 Å². The van der Waals surface area contributed by atoms with E-state index in [0.29, 0.717) is 6.54 Å². The molecule has 106 valence electrons. The van der Waals surface area contributed by atoms with Gasteiger partial charge in [-0.3, -0.25) is 4.79 Å². The third-order valence-corrected chi connectivity index (χ3v) is 2.88. The second-order valence-corrected chi connectivity index (χ2v) is 4.82. The molecule has 0 amide bonds. The number of aliphatic hydroxyl groups is 1. The standard InChI is InChI=1S/C14H22N2O3/c1-16(2)9-8-15-12(10-13(17)18)14(19)11-6-4-3-5-7-11/h3-7,12,14-15,19H,8-10H2,1-2H3,(H,17,18). The van der Waals surface area contributed by atoms with E-state index in [4.69, 9.17) is 5.11 Å². The lowest BCUT2D eigenvalue weighted by atomic mass is 10.00. The predicted octanol–water partition coefficient (Wildman–Crippen LogP) is 0.715. The van der Waals surface area contributed by atoms with Gasteiger partial charge in [0.2, 0.25) is 0 Å². The first-order chi connectivity index (χ1) is 9.00. The highest BCUT2D eigenvalue weighted by Gasteiger charge is 2.22. The van der Waals surface area contributed by atoms with E-state index in [-0.39, 0.29) is 6.42 Å². The molecular weight excluding hydrogens is 244 g/mol. The van der Waals surface area contributed by atoms with Gasteiger partial charge >= 0.3 is 5.97 Å². The normalized spacial score (nSPS) is 14.3. The minimum atomic E-state index is -0.919. The average molecular weight is 266 g/mol. The second kappa shape index (κ2) is 7.89. The molecule has 0 bridgehead atoms. The molecular formula is C14H22N2O3. The molecule has 1 aromatic carbocycles. The summed E-state index contributed by atoms with van der Waals surface area (Å²) in [4.78, 5) is 12.9. The molecule has 1 aromatic rings.